The molecule has 0 amide bonds. The monoisotopic (exact) mass is 420 g/mol. The number of likely N-dealkylation sites (tertiary alicyclic amines) is 2. The lowest BCUT2D eigenvalue weighted by Gasteiger charge is -2.48. The summed E-state index contributed by atoms with van der Waals surface area (Å²) in [5, 5.41) is 0. The molecule has 1 spiro atoms. The summed E-state index contributed by atoms with van der Waals surface area (Å²) in [5.41, 5.74) is 0.691. The first kappa shape index (κ1) is 17.4. The predicted octanol–water partition coefficient (Wildman–Crippen LogP) is 3.76. The highest BCUT2D eigenvalue weighted by Gasteiger charge is 2.38. The van der Waals surface area contributed by atoms with E-state index < -0.39 is 0 Å². The predicted molar refractivity (Wildman–Crippen MR) is 101 cm³/mol. The molecule has 22 heavy (non-hydrogen) atoms. The number of ether oxygens (including phenoxy) is 1. The van der Waals surface area contributed by atoms with E-state index in [0.29, 0.717) is 15.6 Å². The van der Waals surface area contributed by atoms with E-state index in [1.165, 1.54) is 77.7 Å². The first-order valence-electron chi connectivity index (χ1n) is 9.23. The van der Waals surface area contributed by atoms with Crippen molar-refractivity contribution in [3.05, 3.63) is 0 Å². The number of nitrogens with zero attached hydrogens (tertiary/aromatic N) is 2. The molecule has 2 saturated heterocycles. The van der Waals surface area contributed by atoms with Gasteiger partial charge in [-0.25, -0.2) is 0 Å². The molecule has 0 aromatic carbocycles. The molecular weight excluding hydrogens is 387 g/mol. The van der Waals surface area contributed by atoms with Crippen molar-refractivity contribution in [3.8, 4) is 0 Å². The van der Waals surface area contributed by atoms with Gasteiger partial charge in [-0.3, -0.25) is 4.90 Å². The molecule has 1 unspecified atom stereocenters. The number of rotatable bonds is 5. The van der Waals surface area contributed by atoms with E-state index >= 15 is 0 Å². The third kappa shape index (κ3) is 4.17. The van der Waals surface area contributed by atoms with Crippen molar-refractivity contribution in [1.82, 2.24) is 9.80 Å². The minimum Gasteiger partial charge on any atom is -0.381 e. The zero-order valence-corrected chi connectivity index (χ0v) is 16.6. The van der Waals surface area contributed by atoms with Gasteiger partial charge in [0.15, 0.2) is 0 Å². The lowest BCUT2D eigenvalue weighted by Crippen LogP contribution is -2.48. The molecule has 4 heteroatoms. The van der Waals surface area contributed by atoms with Crippen molar-refractivity contribution in [1.29, 1.82) is 0 Å². The van der Waals surface area contributed by atoms with Crippen LogP contribution in [-0.2, 0) is 4.74 Å². The second-order valence-corrected chi connectivity index (χ2v) is 9.74. The number of halogens is 1. The molecule has 2 aliphatic heterocycles. The molecule has 0 bridgehead atoms. The SMILES string of the molecule is COC1CC(CCN2CCC3(CC2)CCN(C(C)I)CC3)C1. The van der Waals surface area contributed by atoms with Crippen LogP contribution in [0.3, 0.4) is 0 Å². The maximum Gasteiger partial charge on any atom is 0.0589 e. The van der Waals surface area contributed by atoms with Crippen LogP contribution in [0, 0.1) is 11.3 Å². The van der Waals surface area contributed by atoms with E-state index in [1.54, 1.807) is 0 Å². The van der Waals surface area contributed by atoms with Crippen LogP contribution in [0.4, 0.5) is 0 Å². The standard InChI is InChI=1S/C18H33IN2O/c1-15(19)21-11-6-18(7-12-21)4-9-20(10-5-18)8-3-16-13-17(14-16)22-2/h15-17H,3-14H2,1-2H3. The van der Waals surface area contributed by atoms with E-state index in [4.69, 9.17) is 4.74 Å². The van der Waals surface area contributed by atoms with Crippen molar-refractivity contribution in [2.45, 2.75) is 62.0 Å². The molecule has 0 radical (unpaired) electrons. The summed E-state index contributed by atoms with van der Waals surface area (Å²) in [7, 11) is 1.86. The van der Waals surface area contributed by atoms with Gasteiger partial charge in [-0.1, -0.05) is 22.6 Å². The van der Waals surface area contributed by atoms with Crippen LogP contribution in [0.1, 0.15) is 51.9 Å². The summed E-state index contributed by atoms with van der Waals surface area (Å²) in [6, 6.07) is 0. The lowest BCUT2D eigenvalue weighted by atomic mass is 9.71. The fourth-order valence-electron chi connectivity index (χ4n) is 4.57. The smallest absolute Gasteiger partial charge is 0.0589 e. The fraction of sp³-hybridized carbons (Fsp3) is 1.00. The molecule has 0 aromatic heterocycles. The average Bonchev–Trinajstić information content (AvgIpc) is 2.48. The molecule has 2 heterocycles. The van der Waals surface area contributed by atoms with E-state index in [0.717, 1.165) is 5.92 Å². The van der Waals surface area contributed by atoms with Crippen LogP contribution in [0.5, 0.6) is 0 Å². The average molecular weight is 420 g/mol. The number of piperidine rings is 2. The quantitative estimate of drug-likeness (QED) is 0.383. The van der Waals surface area contributed by atoms with Crippen LogP contribution in [-0.4, -0.2) is 59.8 Å². The Morgan fingerprint density at radius 1 is 1.09 bits per heavy atom. The minimum atomic E-state index is 0.570. The molecule has 128 valence electrons. The van der Waals surface area contributed by atoms with Crippen LogP contribution >= 0.6 is 22.6 Å². The highest BCUT2D eigenvalue weighted by atomic mass is 127. The molecule has 0 N–H and O–H groups in total. The van der Waals surface area contributed by atoms with Crippen LogP contribution in [0.25, 0.3) is 0 Å². The molecule has 3 nitrogen and oxygen atoms in total. The van der Waals surface area contributed by atoms with Crippen molar-refractivity contribution < 1.29 is 4.74 Å². The van der Waals surface area contributed by atoms with E-state index in [9.17, 15) is 0 Å². The van der Waals surface area contributed by atoms with Gasteiger partial charge in [0.25, 0.3) is 0 Å². The summed E-state index contributed by atoms with van der Waals surface area (Å²) in [6.45, 7) is 9.00. The number of hydrogen-bond donors (Lipinski definition) is 0. The van der Waals surface area contributed by atoms with Crippen molar-refractivity contribution >= 4 is 22.6 Å². The van der Waals surface area contributed by atoms with Gasteiger partial charge in [0.05, 0.1) is 10.2 Å². The second-order valence-electron chi connectivity index (χ2n) is 7.94. The van der Waals surface area contributed by atoms with Gasteiger partial charge >= 0.3 is 0 Å². The molecule has 1 saturated carbocycles. The summed E-state index contributed by atoms with van der Waals surface area (Å²) in [4.78, 5) is 5.39. The molecule has 1 aliphatic carbocycles. The topological polar surface area (TPSA) is 15.7 Å². The first-order chi connectivity index (χ1) is 10.6. The lowest BCUT2D eigenvalue weighted by molar-refractivity contribution is -0.00947. The summed E-state index contributed by atoms with van der Waals surface area (Å²) < 4.78 is 6.09. The zero-order valence-electron chi connectivity index (χ0n) is 14.4. The van der Waals surface area contributed by atoms with Gasteiger partial charge in [0.2, 0.25) is 0 Å². The molecule has 3 fully saturated rings. The van der Waals surface area contributed by atoms with E-state index in [2.05, 4.69) is 39.3 Å². The molecule has 0 aromatic rings. The highest BCUT2D eigenvalue weighted by Crippen LogP contribution is 2.42. The van der Waals surface area contributed by atoms with Crippen molar-refractivity contribution in [3.63, 3.8) is 0 Å². The Morgan fingerprint density at radius 3 is 2.23 bits per heavy atom. The molecule has 3 rings (SSSR count). The Balaban J connectivity index is 1.34. The van der Waals surface area contributed by atoms with E-state index in [-0.39, 0.29) is 0 Å². The number of hydrogen-bond acceptors (Lipinski definition) is 3. The van der Waals surface area contributed by atoms with Crippen LogP contribution in [0.15, 0.2) is 0 Å². The second kappa shape index (κ2) is 7.66. The Hall–Kier alpha value is 0.610. The van der Waals surface area contributed by atoms with Crippen molar-refractivity contribution in [2.24, 2.45) is 11.3 Å². The first-order valence-corrected chi connectivity index (χ1v) is 10.5. The molecular formula is C18H33IN2O. The van der Waals surface area contributed by atoms with Gasteiger partial charge in [-0.05, 0) is 95.9 Å². The summed E-state index contributed by atoms with van der Waals surface area (Å²) in [5.74, 6) is 0.939. The summed E-state index contributed by atoms with van der Waals surface area (Å²) >= 11 is 2.56. The Bertz CT molecular complexity index is 339. The third-order valence-electron chi connectivity index (χ3n) is 6.66. The maximum absolute atomic E-state index is 5.39. The Morgan fingerprint density at radius 2 is 1.68 bits per heavy atom. The van der Waals surface area contributed by atoms with E-state index in [1.807, 2.05) is 7.11 Å². The Kier molecular flexibility index (Phi) is 6.07. The minimum absolute atomic E-state index is 0.570. The van der Waals surface area contributed by atoms with Crippen LogP contribution in [0.2, 0.25) is 0 Å². The van der Waals surface area contributed by atoms with Gasteiger partial charge in [-0.15, -0.1) is 0 Å². The largest absolute Gasteiger partial charge is 0.381 e. The number of methoxy groups -OCH3 is 1. The zero-order chi connectivity index (χ0) is 15.6. The maximum atomic E-state index is 5.39. The third-order valence-corrected chi connectivity index (χ3v) is 7.45. The Labute approximate surface area is 150 Å². The van der Waals surface area contributed by atoms with Crippen molar-refractivity contribution in [2.75, 3.05) is 39.8 Å². The van der Waals surface area contributed by atoms with Crippen LogP contribution < -0.4 is 0 Å². The van der Waals surface area contributed by atoms with Gasteiger partial charge < -0.3 is 9.64 Å². The molecule has 3 aliphatic rings. The highest BCUT2D eigenvalue weighted by molar-refractivity contribution is 14.1. The van der Waals surface area contributed by atoms with Gasteiger partial charge in [0.1, 0.15) is 0 Å². The fourth-order valence-corrected chi connectivity index (χ4v) is 5.13. The molecule has 1 atom stereocenters. The summed E-state index contributed by atoms with van der Waals surface area (Å²) in [6.07, 6.45) is 10.3. The van der Waals surface area contributed by atoms with Gasteiger partial charge in [0, 0.05) is 7.11 Å². The normalized spacial score (nSPS) is 34.5. The number of alkyl halides is 1. The van der Waals surface area contributed by atoms with Gasteiger partial charge in [-0.2, -0.15) is 0 Å².